The number of hydrogen-bond acceptors (Lipinski definition) is 4. The second-order valence-electron chi connectivity index (χ2n) is 6.29. The van der Waals surface area contributed by atoms with Gasteiger partial charge in [0.15, 0.2) is 9.84 Å². The van der Waals surface area contributed by atoms with Gasteiger partial charge in [0.1, 0.15) is 0 Å². The molecule has 0 aromatic rings. The maximum absolute atomic E-state index is 12.2. The standard InChI is InChI=1S/C13H20N2O3S/c1-13(6-7-19(17,18)9-13)15-12(16)8-11(14-15)10-4-2-3-5-10/h10H,2-9H2,1H3. The normalized spacial score (nSPS) is 35.1. The number of carbonyl (C=O) groups excluding carboxylic acids is 1. The highest BCUT2D eigenvalue weighted by molar-refractivity contribution is 7.91. The highest BCUT2D eigenvalue weighted by Gasteiger charge is 2.47. The van der Waals surface area contributed by atoms with Crippen molar-refractivity contribution in [1.29, 1.82) is 0 Å². The van der Waals surface area contributed by atoms with Gasteiger partial charge in [0, 0.05) is 0 Å². The molecule has 1 unspecified atom stereocenters. The lowest BCUT2D eigenvalue weighted by Gasteiger charge is -2.30. The van der Waals surface area contributed by atoms with Gasteiger partial charge < -0.3 is 0 Å². The van der Waals surface area contributed by atoms with Crippen molar-refractivity contribution in [1.82, 2.24) is 5.01 Å². The fourth-order valence-corrected chi connectivity index (χ4v) is 5.63. The minimum absolute atomic E-state index is 0.0264. The third-order valence-electron chi connectivity index (χ3n) is 4.62. The van der Waals surface area contributed by atoms with Gasteiger partial charge >= 0.3 is 0 Å². The molecule has 0 N–H and O–H groups in total. The van der Waals surface area contributed by atoms with E-state index < -0.39 is 15.4 Å². The van der Waals surface area contributed by atoms with Crippen LogP contribution >= 0.6 is 0 Å². The quantitative estimate of drug-likeness (QED) is 0.768. The predicted octanol–water partition coefficient (Wildman–Crippen LogP) is 1.34. The monoisotopic (exact) mass is 284 g/mol. The van der Waals surface area contributed by atoms with E-state index in [1.54, 1.807) is 0 Å². The van der Waals surface area contributed by atoms with Crippen LogP contribution in [0.1, 0.15) is 45.4 Å². The molecule has 1 amide bonds. The van der Waals surface area contributed by atoms with Crippen molar-refractivity contribution in [3.63, 3.8) is 0 Å². The molecule has 0 radical (unpaired) electrons. The zero-order chi connectivity index (χ0) is 13.7. The van der Waals surface area contributed by atoms with Crippen LogP contribution in [0.15, 0.2) is 5.10 Å². The zero-order valence-corrected chi connectivity index (χ0v) is 12.1. The lowest BCUT2D eigenvalue weighted by Crippen LogP contribution is -2.45. The van der Waals surface area contributed by atoms with Crippen LogP contribution in [0.3, 0.4) is 0 Å². The molecule has 0 spiro atoms. The molecule has 2 heterocycles. The van der Waals surface area contributed by atoms with Gasteiger partial charge in [0.25, 0.3) is 0 Å². The van der Waals surface area contributed by atoms with Crippen molar-refractivity contribution in [2.75, 3.05) is 11.5 Å². The Hall–Kier alpha value is -0.910. The summed E-state index contributed by atoms with van der Waals surface area (Å²) in [6.07, 6.45) is 5.56. The maximum Gasteiger partial charge on any atom is 0.248 e. The third kappa shape index (κ3) is 2.30. The largest absolute Gasteiger partial charge is 0.273 e. The molecule has 19 heavy (non-hydrogen) atoms. The van der Waals surface area contributed by atoms with E-state index in [4.69, 9.17) is 0 Å². The topological polar surface area (TPSA) is 66.8 Å². The lowest BCUT2D eigenvalue weighted by molar-refractivity contribution is -0.133. The van der Waals surface area contributed by atoms with E-state index in [1.165, 1.54) is 17.9 Å². The van der Waals surface area contributed by atoms with Gasteiger partial charge in [0.2, 0.25) is 5.91 Å². The molecule has 2 aliphatic heterocycles. The molecule has 1 aliphatic carbocycles. The van der Waals surface area contributed by atoms with E-state index in [1.807, 2.05) is 6.92 Å². The summed E-state index contributed by atoms with van der Waals surface area (Å²) in [6, 6.07) is 0. The van der Waals surface area contributed by atoms with Gasteiger partial charge in [-0.05, 0) is 32.1 Å². The van der Waals surface area contributed by atoms with E-state index in [0.717, 1.165) is 18.6 Å². The summed E-state index contributed by atoms with van der Waals surface area (Å²) in [5, 5.41) is 5.98. The number of nitrogens with zero attached hydrogens (tertiary/aromatic N) is 2. The number of rotatable bonds is 2. The molecule has 0 aromatic heterocycles. The van der Waals surface area contributed by atoms with Crippen molar-refractivity contribution in [2.45, 2.75) is 51.0 Å². The molecule has 0 bridgehead atoms. The van der Waals surface area contributed by atoms with E-state index in [9.17, 15) is 13.2 Å². The summed E-state index contributed by atoms with van der Waals surface area (Å²) < 4.78 is 23.3. The molecule has 5 nitrogen and oxygen atoms in total. The lowest BCUT2D eigenvalue weighted by atomic mass is 9.99. The summed E-state index contributed by atoms with van der Waals surface area (Å²) in [4.78, 5) is 12.2. The Kier molecular flexibility index (Phi) is 2.96. The smallest absolute Gasteiger partial charge is 0.248 e. The summed E-state index contributed by atoms with van der Waals surface area (Å²) >= 11 is 0. The van der Waals surface area contributed by atoms with Crippen LogP contribution < -0.4 is 0 Å². The molecular formula is C13H20N2O3S. The Bertz CT molecular complexity index is 534. The minimum Gasteiger partial charge on any atom is -0.273 e. The van der Waals surface area contributed by atoms with Crippen molar-refractivity contribution >= 4 is 21.5 Å². The summed E-state index contributed by atoms with van der Waals surface area (Å²) in [6.45, 7) is 1.84. The molecule has 1 saturated carbocycles. The van der Waals surface area contributed by atoms with Crippen LogP contribution in [0.25, 0.3) is 0 Å². The first-order chi connectivity index (χ1) is 8.90. The number of amides is 1. The molecule has 1 saturated heterocycles. The molecule has 106 valence electrons. The highest BCUT2D eigenvalue weighted by atomic mass is 32.2. The van der Waals surface area contributed by atoms with Gasteiger partial charge in [-0.1, -0.05) is 12.8 Å². The molecule has 6 heteroatoms. The maximum atomic E-state index is 12.2. The van der Waals surface area contributed by atoms with E-state index >= 15 is 0 Å². The fraction of sp³-hybridized carbons (Fsp3) is 0.846. The van der Waals surface area contributed by atoms with Gasteiger partial charge in [0.05, 0.1) is 29.2 Å². The number of hydrogen-bond donors (Lipinski definition) is 0. The molecule has 3 rings (SSSR count). The Labute approximate surface area is 114 Å². The van der Waals surface area contributed by atoms with E-state index in [2.05, 4.69) is 5.10 Å². The van der Waals surface area contributed by atoms with Crippen LogP contribution in [-0.4, -0.2) is 42.1 Å². The van der Waals surface area contributed by atoms with Crippen molar-refractivity contribution in [3.05, 3.63) is 0 Å². The SMILES string of the molecule is CC1(N2N=C(C3CCCC3)CC2=O)CCS(=O)(=O)C1. The zero-order valence-electron chi connectivity index (χ0n) is 11.3. The fourth-order valence-electron chi connectivity index (χ4n) is 3.52. The van der Waals surface area contributed by atoms with Crippen LogP contribution in [-0.2, 0) is 14.6 Å². The first kappa shape index (κ1) is 13.1. The van der Waals surface area contributed by atoms with Gasteiger partial charge in [-0.3, -0.25) is 4.79 Å². The van der Waals surface area contributed by atoms with Crippen molar-refractivity contribution < 1.29 is 13.2 Å². The van der Waals surface area contributed by atoms with E-state index in [0.29, 0.717) is 18.8 Å². The third-order valence-corrected chi connectivity index (χ3v) is 6.51. The first-order valence-corrected chi connectivity index (χ1v) is 8.83. The van der Waals surface area contributed by atoms with Crippen LogP contribution in [0.2, 0.25) is 0 Å². The second kappa shape index (κ2) is 4.30. The first-order valence-electron chi connectivity index (χ1n) is 7.01. The van der Waals surface area contributed by atoms with Gasteiger partial charge in [-0.25, -0.2) is 13.4 Å². The Morgan fingerprint density at radius 1 is 1.32 bits per heavy atom. The summed E-state index contributed by atoms with van der Waals surface area (Å²) in [7, 11) is -3.01. The van der Waals surface area contributed by atoms with Crippen molar-refractivity contribution in [3.8, 4) is 0 Å². The number of hydrazone groups is 1. The Morgan fingerprint density at radius 2 is 2.00 bits per heavy atom. The van der Waals surface area contributed by atoms with Gasteiger partial charge in [-0.2, -0.15) is 5.10 Å². The van der Waals surface area contributed by atoms with Gasteiger partial charge in [-0.15, -0.1) is 0 Å². The number of sulfone groups is 1. The Morgan fingerprint density at radius 3 is 2.58 bits per heavy atom. The van der Waals surface area contributed by atoms with Crippen LogP contribution in [0, 0.1) is 5.92 Å². The molecule has 0 aromatic carbocycles. The highest BCUT2D eigenvalue weighted by Crippen LogP contribution is 2.36. The molecule has 2 fully saturated rings. The van der Waals surface area contributed by atoms with E-state index in [-0.39, 0.29) is 17.4 Å². The molecule has 1 atom stereocenters. The van der Waals surface area contributed by atoms with Crippen LogP contribution in [0.4, 0.5) is 0 Å². The van der Waals surface area contributed by atoms with Crippen LogP contribution in [0.5, 0.6) is 0 Å². The number of carbonyl (C=O) groups is 1. The Balaban J connectivity index is 1.83. The average Bonchev–Trinajstić information content (AvgIpc) is 2.98. The molecule has 3 aliphatic rings. The minimum atomic E-state index is -3.01. The summed E-state index contributed by atoms with van der Waals surface area (Å²) in [5.41, 5.74) is 0.351. The van der Waals surface area contributed by atoms with Crippen molar-refractivity contribution in [2.24, 2.45) is 11.0 Å². The predicted molar refractivity (Wildman–Crippen MR) is 72.5 cm³/mol. The summed E-state index contributed by atoms with van der Waals surface area (Å²) in [5.74, 6) is 0.631. The molecular weight excluding hydrogens is 264 g/mol. The second-order valence-corrected chi connectivity index (χ2v) is 8.48. The average molecular weight is 284 g/mol.